The summed E-state index contributed by atoms with van der Waals surface area (Å²) in [4.78, 5) is 123. The van der Waals surface area contributed by atoms with Crippen LogP contribution in [0.2, 0.25) is 25.1 Å². The van der Waals surface area contributed by atoms with Crippen LogP contribution in [0.3, 0.4) is 0 Å². The second kappa shape index (κ2) is 42.1. The number of rotatable bonds is 20. The number of halogens is 5. The highest BCUT2D eigenvalue weighted by atomic mass is 35.5. The average molecular weight is 1990 g/mol. The number of hydrogen-bond donors (Lipinski definition) is 26. The number of aliphatic carboxylic acids is 2. The monoisotopic (exact) mass is 1980 g/mol. The quantitative estimate of drug-likeness (QED) is 0.0488. The van der Waals surface area contributed by atoms with Crippen LogP contribution in [0.1, 0.15) is 140 Å². The molecule has 0 spiro atoms. The van der Waals surface area contributed by atoms with E-state index in [2.05, 4.69) is 42.5 Å². The molecule has 25 atom stereocenters. The highest BCUT2D eigenvalue weighted by Crippen LogP contribution is 2.54. The van der Waals surface area contributed by atoms with Gasteiger partial charge in [0.1, 0.15) is 156 Å². The molecule has 9 aliphatic rings. The molecule has 0 radical (unpaired) electrons. The van der Waals surface area contributed by atoms with Gasteiger partial charge in [-0.2, -0.15) is 0 Å². The van der Waals surface area contributed by atoms with E-state index >= 15 is 19.2 Å². The number of phenols is 4. The molecule has 9 aliphatic heterocycles. The Morgan fingerprint density at radius 3 is 1.66 bits per heavy atom. The molecule has 26 N–H and O–H groups in total. The number of nitrogens with one attached hydrogen (secondary N) is 8. The van der Waals surface area contributed by atoms with Crippen LogP contribution < -0.4 is 66.2 Å². The van der Waals surface area contributed by atoms with Crippen molar-refractivity contribution < 1.29 is 173 Å². The summed E-state index contributed by atoms with van der Waals surface area (Å²) in [6.45, 7) is -0.140. The summed E-state index contributed by atoms with van der Waals surface area (Å²) < 4.78 is 56.5. The number of aliphatic hydroxyl groups excluding tert-OH is 12. The molecule has 18 unspecified atom stereocenters. The first-order valence-electron chi connectivity index (χ1n) is 42.1. The van der Waals surface area contributed by atoms with Crippen molar-refractivity contribution in [2.45, 2.75) is 211 Å². The number of benzene rings is 7. The number of carboxylic acids is 2. The molecule has 726 valence electrons. The lowest BCUT2D eigenvalue weighted by Crippen LogP contribution is -2.66. The summed E-state index contributed by atoms with van der Waals surface area (Å²) >= 11 is 36.4. The second-order valence-electron chi connectivity index (χ2n) is 32.8. The predicted molar refractivity (Wildman–Crippen MR) is 464 cm³/mol. The van der Waals surface area contributed by atoms with Crippen LogP contribution in [0.5, 0.6) is 69.0 Å². The Morgan fingerprint density at radius 1 is 0.474 bits per heavy atom. The lowest BCUT2D eigenvalue weighted by atomic mass is 9.89. The smallest absolute Gasteiger partial charge is 0.335 e. The van der Waals surface area contributed by atoms with Crippen LogP contribution in [-0.2, 0) is 57.3 Å². The van der Waals surface area contributed by atoms with Crippen molar-refractivity contribution in [1.29, 1.82) is 0 Å². The Labute approximate surface area is 789 Å². The SMILES string of the molecule is CCCCCCCCCC(=O)NC1C(O[C@@H]2c3cc(Cl)c(c(Cl)c3)Oc3cc4cc(c3OC3OC(CO)C(O)C(O)C3O)Oc3ccc(cc3Cl)[C@@H](O)[C@H]3NC(=O)[C@H](NC)c5ccc(O)c(c5)Oc5cc(O)c(Cl)c(c5)C(NC3=O)C(=O)NC4C(=O)N[C@H]3C(=O)N[C@@H]2C(O)N[C@H](C(=O)O)c2cc(O)cc(O)c2-c2cc3cc(Cl)c2OC2OC(CO)C(O)C(O)C2O)OC(C(=O)O)C(O)C1O. The van der Waals surface area contributed by atoms with E-state index in [-0.39, 0.29) is 24.0 Å². The lowest BCUT2D eigenvalue weighted by molar-refractivity contribution is -0.281. The number of fused-ring (bicyclic) bond motifs is 14. The first-order valence-corrected chi connectivity index (χ1v) is 44.0. The fourth-order valence-corrected chi connectivity index (χ4v) is 18.0. The van der Waals surface area contributed by atoms with Crippen molar-refractivity contribution in [3.8, 4) is 80.1 Å². The summed E-state index contributed by atoms with van der Waals surface area (Å²) in [5.74, 6) is -21.8. The minimum Gasteiger partial charge on any atom is -0.508 e. The molecule has 6 amide bonds. The molecule has 135 heavy (non-hydrogen) atoms. The minimum atomic E-state index is -2.86. The molecular weight excluding hydrogens is 1890 g/mol. The third-order valence-electron chi connectivity index (χ3n) is 23.8. The summed E-state index contributed by atoms with van der Waals surface area (Å²) in [5, 5.41) is 225. The summed E-state index contributed by atoms with van der Waals surface area (Å²) in [5.41, 5.74) is -5.36. The number of likely N-dealkylation sites (N-methyl/N-ethyl adjacent to an activating group) is 1. The van der Waals surface area contributed by atoms with Gasteiger partial charge in [-0.3, -0.25) is 38.9 Å². The van der Waals surface area contributed by atoms with Crippen molar-refractivity contribution in [2.24, 2.45) is 0 Å². The summed E-state index contributed by atoms with van der Waals surface area (Å²) in [6.07, 6.45) is -34.1. The molecule has 7 aromatic carbocycles. The molecule has 0 aromatic heterocycles. The van der Waals surface area contributed by atoms with Crippen molar-refractivity contribution in [1.82, 2.24) is 42.5 Å². The number of aromatic hydroxyl groups is 4. The number of carbonyl (C=O) groups excluding carboxylic acids is 6. The van der Waals surface area contributed by atoms with Gasteiger partial charge in [0.15, 0.2) is 41.1 Å². The summed E-state index contributed by atoms with van der Waals surface area (Å²) in [6, 6.07) is -3.83. The number of carboxylic acid groups (broad SMARTS) is 2. The molecule has 3 fully saturated rings. The van der Waals surface area contributed by atoms with Crippen LogP contribution in [0.25, 0.3) is 11.1 Å². The Balaban J connectivity index is 1.06. The Morgan fingerprint density at radius 2 is 1.04 bits per heavy atom. The van der Waals surface area contributed by atoms with Crippen molar-refractivity contribution in [3.05, 3.63) is 161 Å². The zero-order chi connectivity index (χ0) is 97.5. The highest BCUT2D eigenvalue weighted by molar-refractivity contribution is 6.37. The van der Waals surface area contributed by atoms with Crippen molar-refractivity contribution in [3.63, 3.8) is 0 Å². The van der Waals surface area contributed by atoms with Crippen LogP contribution in [0.4, 0.5) is 0 Å². The van der Waals surface area contributed by atoms with E-state index in [1.54, 1.807) is 0 Å². The van der Waals surface area contributed by atoms with Gasteiger partial charge in [0.05, 0.1) is 44.4 Å². The van der Waals surface area contributed by atoms with Gasteiger partial charge in [-0.05, 0) is 120 Å². The molecule has 17 bridgehead atoms. The fourth-order valence-electron chi connectivity index (χ4n) is 16.7. The molecule has 7 aromatic rings. The molecule has 0 aliphatic carbocycles. The van der Waals surface area contributed by atoms with Crippen LogP contribution >= 0.6 is 58.0 Å². The van der Waals surface area contributed by atoms with Gasteiger partial charge in [0.2, 0.25) is 53.8 Å². The third kappa shape index (κ3) is 20.9. The second-order valence-corrected chi connectivity index (χ2v) is 34.8. The molecule has 16 rings (SSSR count). The topological polar surface area (TPSA) is 680 Å². The molecule has 3 saturated heterocycles. The highest BCUT2D eigenvalue weighted by Gasteiger charge is 2.54. The van der Waals surface area contributed by atoms with E-state index in [0.29, 0.717) is 25.0 Å². The Hall–Kier alpha value is -10.8. The number of ether oxygens (including phenoxy) is 9. The van der Waals surface area contributed by atoms with Gasteiger partial charge in [-0.1, -0.05) is 116 Å². The van der Waals surface area contributed by atoms with E-state index in [1.807, 2.05) is 6.92 Å². The predicted octanol–water partition coefficient (Wildman–Crippen LogP) is 2.62. The first kappa shape index (κ1) is 100. The molecule has 9 heterocycles. The normalized spacial score (nSPS) is 29.7. The first-order chi connectivity index (χ1) is 64.2. The standard InChI is InChI=1S/C87H93Cl5N8O35/c1-3-4-5-6-7-8-9-10-52(107)94-61-66(111)69(114)76(84(125)126)135-85(61)132-72-33-18-41(90)74(42(91)19-33)129-49-22-32-21-48(75(49)134-87-71(116)68(113)65(110)51(28-102)131-87)128-46-14-12-30(16-39(46)88)63(108)60-81(121)97-58(38-25-35(26-45(106)54(38)92)127-47-20-29(11-13-43(47)104)55(93-2)77(117)99-60)80(120)96-57(32)78(118)95-56-31-15-37(73(40(89)17-31)133-86-70(115)67(112)64(109)50(27-101)130-86)53-36(23-34(103)24-44(53)105)59(83(123)124)98-82(122)62(72)100-79(56)119/h11-26,50-51,55-72,76,82,85-87,93,98,101-106,108-116,122H,3-10,27-28H2,1-2H3,(H,94,107)(H,95,118)(H,96,120)(H,97,121)(H,99,117)(H,100,119)(H,123,124)(H,125,126)/t50?,51?,55-,56-,57?,58?,59+,60-,61?,62+,63-,64?,65?,66?,67?,68?,69?,70?,71?,72-,76?,82?,85?,86?,87?/m1/s1. The lowest BCUT2D eigenvalue weighted by Gasteiger charge is -2.44. The molecule has 0 saturated carbocycles. The third-order valence-corrected chi connectivity index (χ3v) is 25.3. The number of aliphatic hydroxyl groups is 12. The number of carbonyl (C=O) groups is 8. The number of hydrogen-bond acceptors (Lipinski definition) is 35. The van der Waals surface area contributed by atoms with Crippen LogP contribution in [0.15, 0.2) is 97.1 Å². The molecule has 43 nitrogen and oxygen atoms in total. The van der Waals surface area contributed by atoms with Gasteiger partial charge < -0.3 is 172 Å². The number of unbranched alkanes of at least 4 members (excludes halogenated alkanes) is 6. The van der Waals surface area contributed by atoms with Crippen LogP contribution in [0, 0.1) is 0 Å². The maximum absolute atomic E-state index is 17.1. The van der Waals surface area contributed by atoms with Gasteiger partial charge in [-0.15, -0.1) is 0 Å². The molecular formula is C87H93Cl5N8O35. The minimum absolute atomic E-state index is 0.0462. The van der Waals surface area contributed by atoms with E-state index in [4.69, 9.17) is 101 Å². The number of amides is 6. The maximum atomic E-state index is 17.1. The van der Waals surface area contributed by atoms with Gasteiger partial charge in [0, 0.05) is 35.2 Å². The Kier molecular flexibility index (Phi) is 31.2. The fraction of sp³-hybridized carbons (Fsp3) is 0.425. The summed E-state index contributed by atoms with van der Waals surface area (Å²) in [7, 11) is 1.32. The van der Waals surface area contributed by atoms with Gasteiger partial charge in [-0.25, -0.2) is 4.79 Å². The number of phenolic OH excluding ortho intramolecular Hbond substituents is 4. The van der Waals surface area contributed by atoms with Crippen LogP contribution in [-0.4, -0.2) is 270 Å². The average Bonchev–Trinajstić information content (AvgIpc) is 0.749. The van der Waals surface area contributed by atoms with E-state index in [1.165, 1.54) is 19.2 Å². The maximum Gasteiger partial charge on any atom is 0.335 e. The van der Waals surface area contributed by atoms with Crippen molar-refractivity contribution in [2.75, 3.05) is 20.3 Å². The molecule has 48 heteroatoms. The van der Waals surface area contributed by atoms with Gasteiger partial charge >= 0.3 is 11.9 Å². The zero-order valence-corrected chi connectivity index (χ0v) is 74.4. The largest absolute Gasteiger partial charge is 0.508 e. The van der Waals surface area contributed by atoms with Gasteiger partial charge in [0.25, 0.3) is 0 Å². The van der Waals surface area contributed by atoms with E-state index < -0.39 is 346 Å². The Bertz CT molecular complexity index is 5670. The zero-order valence-electron chi connectivity index (χ0n) is 70.6. The van der Waals surface area contributed by atoms with Crippen molar-refractivity contribution >= 4 is 105 Å². The van der Waals surface area contributed by atoms with E-state index in [9.17, 15) is 111 Å². The van der Waals surface area contributed by atoms with E-state index in [0.717, 1.165) is 98.5 Å².